The van der Waals surface area contributed by atoms with Crippen molar-refractivity contribution in [1.29, 1.82) is 0 Å². The van der Waals surface area contributed by atoms with Crippen LogP contribution in [-0.4, -0.2) is 17.6 Å². The van der Waals surface area contributed by atoms with Gasteiger partial charge in [-0.2, -0.15) is 0 Å². The minimum absolute atomic E-state index is 0.305. The molecular formula is C17H15NO2S. The zero-order valence-electron chi connectivity index (χ0n) is 11.7. The first-order valence-corrected chi connectivity index (χ1v) is 7.47. The Morgan fingerprint density at radius 3 is 2.76 bits per heavy atom. The number of carbonyl (C=O) groups is 1. The molecule has 2 heterocycles. The molecule has 0 saturated carbocycles. The summed E-state index contributed by atoms with van der Waals surface area (Å²) in [5.74, 6) is -0.305. The number of rotatable bonds is 4. The van der Waals surface area contributed by atoms with Crippen molar-refractivity contribution < 1.29 is 9.53 Å². The molecule has 0 spiro atoms. The Balaban J connectivity index is 2.02. The van der Waals surface area contributed by atoms with Gasteiger partial charge in [0.1, 0.15) is 5.69 Å². The smallest absolute Gasteiger partial charge is 0.354 e. The second-order valence-electron chi connectivity index (χ2n) is 4.72. The van der Waals surface area contributed by atoms with E-state index in [0.717, 1.165) is 21.3 Å². The van der Waals surface area contributed by atoms with E-state index in [-0.39, 0.29) is 5.97 Å². The summed E-state index contributed by atoms with van der Waals surface area (Å²) in [4.78, 5) is 11.9. The van der Waals surface area contributed by atoms with Crippen LogP contribution in [-0.2, 0) is 11.3 Å². The molecule has 4 heteroatoms. The van der Waals surface area contributed by atoms with Crippen LogP contribution in [0, 0.1) is 0 Å². The van der Waals surface area contributed by atoms with Crippen molar-refractivity contribution in [3.05, 3.63) is 65.2 Å². The molecule has 21 heavy (non-hydrogen) atoms. The maximum atomic E-state index is 11.9. The van der Waals surface area contributed by atoms with Crippen molar-refractivity contribution in [3.63, 3.8) is 0 Å². The molecule has 3 nitrogen and oxygen atoms in total. The lowest BCUT2D eigenvalue weighted by Crippen LogP contribution is -2.11. The van der Waals surface area contributed by atoms with E-state index < -0.39 is 0 Å². The zero-order valence-corrected chi connectivity index (χ0v) is 12.5. The first-order valence-electron chi connectivity index (χ1n) is 6.59. The van der Waals surface area contributed by atoms with Crippen LogP contribution < -0.4 is 0 Å². The molecule has 2 aromatic heterocycles. The van der Waals surface area contributed by atoms with Crippen LogP contribution in [0.15, 0.2) is 48.4 Å². The third-order valence-corrected chi connectivity index (χ3v) is 4.33. The highest BCUT2D eigenvalue weighted by atomic mass is 32.1. The fraction of sp³-hybridized carbons (Fsp3) is 0.118. The molecule has 0 unspecified atom stereocenters. The summed E-state index contributed by atoms with van der Waals surface area (Å²) in [6.45, 7) is 4.39. The van der Waals surface area contributed by atoms with Crippen LogP contribution in [0.4, 0.5) is 0 Å². The molecule has 1 aromatic carbocycles. The third kappa shape index (κ3) is 2.50. The summed E-state index contributed by atoms with van der Waals surface area (Å²) in [7, 11) is 1.41. The van der Waals surface area contributed by atoms with Crippen LogP contribution in [0.3, 0.4) is 0 Å². The lowest BCUT2D eigenvalue weighted by atomic mass is 10.1. The van der Waals surface area contributed by atoms with E-state index in [0.29, 0.717) is 12.2 Å². The van der Waals surface area contributed by atoms with Crippen molar-refractivity contribution in [1.82, 2.24) is 4.57 Å². The third-order valence-electron chi connectivity index (χ3n) is 3.47. The molecule has 3 rings (SSSR count). The van der Waals surface area contributed by atoms with Gasteiger partial charge in [0.05, 0.1) is 17.3 Å². The van der Waals surface area contributed by atoms with Gasteiger partial charge in [-0.3, -0.25) is 0 Å². The fourth-order valence-electron chi connectivity index (χ4n) is 2.36. The van der Waals surface area contributed by atoms with Crippen LogP contribution >= 0.6 is 11.3 Å². The summed E-state index contributed by atoms with van der Waals surface area (Å²) < 4.78 is 7.98. The standard InChI is InChI=1S/C17H15NO2S/c1-3-12-4-6-13(7-5-12)11-18-14-8-9-21-16(14)10-15(18)17(19)20-2/h3-10H,1,11H2,2H3. The second kappa shape index (κ2) is 5.58. The number of nitrogens with zero attached hydrogens (tertiary/aromatic N) is 1. The minimum atomic E-state index is -0.305. The number of esters is 1. The maximum Gasteiger partial charge on any atom is 0.354 e. The van der Waals surface area contributed by atoms with Gasteiger partial charge in [0.15, 0.2) is 0 Å². The predicted molar refractivity (Wildman–Crippen MR) is 86.8 cm³/mol. The van der Waals surface area contributed by atoms with Crippen molar-refractivity contribution in [2.24, 2.45) is 0 Å². The monoisotopic (exact) mass is 297 g/mol. The van der Waals surface area contributed by atoms with E-state index in [9.17, 15) is 4.79 Å². The number of hydrogen-bond donors (Lipinski definition) is 0. The second-order valence-corrected chi connectivity index (χ2v) is 5.67. The molecule has 0 aliphatic heterocycles. The number of ether oxygens (including phenoxy) is 1. The van der Waals surface area contributed by atoms with E-state index in [1.807, 2.05) is 40.3 Å². The lowest BCUT2D eigenvalue weighted by Gasteiger charge is -2.09. The Kier molecular flexibility index (Phi) is 3.62. The molecule has 0 N–H and O–H groups in total. The van der Waals surface area contributed by atoms with E-state index in [2.05, 4.69) is 18.7 Å². The number of methoxy groups -OCH3 is 1. The van der Waals surface area contributed by atoms with Gasteiger partial charge in [-0.1, -0.05) is 36.9 Å². The van der Waals surface area contributed by atoms with Crippen molar-refractivity contribution in [2.75, 3.05) is 7.11 Å². The Morgan fingerprint density at radius 2 is 2.10 bits per heavy atom. The Morgan fingerprint density at radius 1 is 1.33 bits per heavy atom. The molecule has 0 amide bonds. The SMILES string of the molecule is C=Cc1ccc(Cn2c(C(=O)OC)cc3sccc32)cc1. The van der Waals surface area contributed by atoms with E-state index in [4.69, 9.17) is 4.74 Å². The highest BCUT2D eigenvalue weighted by Crippen LogP contribution is 2.26. The average molecular weight is 297 g/mol. The number of thiophene rings is 1. The van der Waals surface area contributed by atoms with Crippen LogP contribution in [0.1, 0.15) is 21.6 Å². The summed E-state index contributed by atoms with van der Waals surface area (Å²) in [6, 6.07) is 12.1. The summed E-state index contributed by atoms with van der Waals surface area (Å²) in [6.07, 6.45) is 1.82. The quantitative estimate of drug-likeness (QED) is 0.676. The first-order chi connectivity index (χ1) is 10.2. The van der Waals surface area contributed by atoms with Gasteiger partial charge in [-0.25, -0.2) is 4.79 Å². The van der Waals surface area contributed by atoms with Crippen LogP contribution in [0.2, 0.25) is 0 Å². The van der Waals surface area contributed by atoms with Gasteiger partial charge in [-0.15, -0.1) is 11.3 Å². The van der Waals surface area contributed by atoms with Gasteiger partial charge < -0.3 is 9.30 Å². The van der Waals surface area contributed by atoms with Gasteiger partial charge in [0.25, 0.3) is 0 Å². The number of benzene rings is 1. The van der Waals surface area contributed by atoms with Crippen molar-refractivity contribution >= 4 is 33.6 Å². The largest absolute Gasteiger partial charge is 0.464 e. The summed E-state index contributed by atoms with van der Waals surface area (Å²) in [5.41, 5.74) is 3.87. The Hall–Kier alpha value is -2.33. The topological polar surface area (TPSA) is 31.2 Å². The van der Waals surface area contributed by atoms with Crippen LogP contribution in [0.25, 0.3) is 16.3 Å². The highest BCUT2D eigenvalue weighted by Gasteiger charge is 2.16. The molecule has 3 aromatic rings. The Bertz CT molecular complexity index is 796. The normalized spacial score (nSPS) is 10.7. The molecule has 106 valence electrons. The molecule has 0 aliphatic carbocycles. The molecule has 0 saturated heterocycles. The van der Waals surface area contributed by atoms with Gasteiger partial charge in [-0.05, 0) is 28.6 Å². The van der Waals surface area contributed by atoms with Gasteiger partial charge >= 0.3 is 5.97 Å². The van der Waals surface area contributed by atoms with E-state index in [1.165, 1.54) is 7.11 Å². The first kappa shape index (κ1) is 13.6. The number of fused-ring (bicyclic) bond motifs is 1. The molecule has 0 radical (unpaired) electrons. The lowest BCUT2D eigenvalue weighted by molar-refractivity contribution is 0.0589. The van der Waals surface area contributed by atoms with E-state index >= 15 is 0 Å². The highest BCUT2D eigenvalue weighted by molar-refractivity contribution is 7.17. The maximum absolute atomic E-state index is 11.9. The van der Waals surface area contributed by atoms with Gasteiger partial charge in [0, 0.05) is 6.54 Å². The molecular weight excluding hydrogens is 282 g/mol. The van der Waals surface area contributed by atoms with Crippen molar-refractivity contribution in [2.45, 2.75) is 6.54 Å². The molecule has 0 atom stereocenters. The fourth-order valence-corrected chi connectivity index (χ4v) is 3.19. The van der Waals surface area contributed by atoms with Crippen molar-refractivity contribution in [3.8, 4) is 0 Å². The summed E-state index contributed by atoms with van der Waals surface area (Å²) >= 11 is 1.62. The minimum Gasteiger partial charge on any atom is -0.464 e. The number of carbonyl (C=O) groups excluding carboxylic acids is 1. The zero-order chi connectivity index (χ0) is 14.8. The van der Waals surface area contributed by atoms with E-state index in [1.54, 1.807) is 11.3 Å². The van der Waals surface area contributed by atoms with Crippen LogP contribution in [0.5, 0.6) is 0 Å². The molecule has 0 aliphatic rings. The molecule has 0 fully saturated rings. The predicted octanol–water partition coefficient (Wildman–Crippen LogP) is 4.18. The number of hydrogen-bond acceptors (Lipinski definition) is 3. The summed E-state index contributed by atoms with van der Waals surface area (Å²) in [5, 5.41) is 2.03. The molecule has 0 bridgehead atoms. The van der Waals surface area contributed by atoms with Gasteiger partial charge in [0.2, 0.25) is 0 Å². The average Bonchev–Trinajstić information content (AvgIpc) is 3.10. The number of aromatic nitrogens is 1. The Labute approximate surface area is 127 Å².